The Bertz CT molecular complexity index is 928. The van der Waals surface area contributed by atoms with Gasteiger partial charge < -0.3 is 0 Å². The Kier molecular flexibility index (Phi) is 3.35. The van der Waals surface area contributed by atoms with E-state index in [0.29, 0.717) is 0 Å². The Morgan fingerprint density at radius 1 is 0.640 bits per heavy atom. The van der Waals surface area contributed by atoms with Crippen LogP contribution in [0.4, 0.5) is 0 Å². The van der Waals surface area contributed by atoms with Crippen molar-refractivity contribution < 1.29 is 0 Å². The second-order valence-electron chi connectivity index (χ2n) is 7.82. The van der Waals surface area contributed by atoms with Gasteiger partial charge in [0.05, 0.1) is 0 Å². The number of hydrogen-bond donors (Lipinski definition) is 0. The first-order valence-corrected chi connectivity index (χ1v) is 9.59. The van der Waals surface area contributed by atoms with Crippen LogP contribution in [0.1, 0.15) is 48.8 Å². The average Bonchev–Trinajstić information content (AvgIpc) is 2.92. The highest BCUT2D eigenvalue weighted by atomic mass is 14.5. The highest BCUT2D eigenvalue weighted by Gasteiger charge is 2.43. The molecular weight excluding hydrogens is 300 g/mol. The third-order valence-corrected chi connectivity index (χ3v) is 6.33. The third kappa shape index (κ3) is 2.20. The second-order valence-corrected chi connectivity index (χ2v) is 7.82. The summed E-state index contributed by atoms with van der Waals surface area (Å²) in [6.07, 6.45) is 6.69. The third-order valence-electron chi connectivity index (χ3n) is 6.33. The fourth-order valence-corrected chi connectivity index (χ4v) is 5.11. The van der Waals surface area contributed by atoms with Gasteiger partial charge in [-0.2, -0.15) is 0 Å². The van der Waals surface area contributed by atoms with Crippen LogP contribution >= 0.6 is 0 Å². The highest BCUT2D eigenvalue weighted by Crippen LogP contribution is 2.56. The number of hydrogen-bond acceptors (Lipinski definition) is 0. The van der Waals surface area contributed by atoms with Crippen LogP contribution < -0.4 is 0 Å². The van der Waals surface area contributed by atoms with Crippen LogP contribution in [0.15, 0.2) is 66.7 Å². The lowest BCUT2D eigenvalue weighted by Crippen LogP contribution is -2.28. The summed E-state index contributed by atoms with van der Waals surface area (Å²) in [6.45, 7) is 2.23. The number of benzene rings is 3. The highest BCUT2D eigenvalue weighted by molar-refractivity contribution is 5.84. The second kappa shape index (κ2) is 5.59. The lowest BCUT2D eigenvalue weighted by Gasteiger charge is -2.36. The summed E-state index contributed by atoms with van der Waals surface area (Å²) in [5, 5.41) is 0. The van der Waals surface area contributed by atoms with Crippen LogP contribution in [0.5, 0.6) is 0 Å². The van der Waals surface area contributed by atoms with Crippen molar-refractivity contribution in [1.29, 1.82) is 0 Å². The van der Waals surface area contributed by atoms with Gasteiger partial charge in [-0.3, -0.25) is 0 Å². The zero-order chi connectivity index (χ0) is 16.9. The summed E-state index contributed by atoms with van der Waals surface area (Å²) in [6, 6.07) is 25.1. The molecule has 0 bridgehead atoms. The number of fused-ring (bicyclic) bond motifs is 5. The number of aryl methyl sites for hydroxylation is 1. The van der Waals surface area contributed by atoms with Crippen molar-refractivity contribution in [2.75, 3.05) is 0 Å². The maximum atomic E-state index is 2.49. The molecular formula is C25H24. The molecule has 0 atom stereocenters. The van der Waals surface area contributed by atoms with Crippen LogP contribution in [0.2, 0.25) is 0 Å². The maximum absolute atomic E-state index is 2.49. The smallest absolute Gasteiger partial charge is 0.0215 e. The van der Waals surface area contributed by atoms with E-state index in [1.54, 1.807) is 11.1 Å². The predicted molar refractivity (Wildman–Crippen MR) is 106 cm³/mol. The summed E-state index contributed by atoms with van der Waals surface area (Å²) < 4.78 is 0. The maximum Gasteiger partial charge on any atom is 0.0215 e. The minimum Gasteiger partial charge on any atom is -0.0622 e. The van der Waals surface area contributed by atoms with Crippen molar-refractivity contribution in [3.8, 4) is 22.3 Å². The Hall–Kier alpha value is -2.34. The topological polar surface area (TPSA) is 0 Å². The van der Waals surface area contributed by atoms with E-state index in [1.165, 1.54) is 59.9 Å². The van der Waals surface area contributed by atoms with Gasteiger partial charge in [0.2, 0.25) is 0 Å². The first-order valence-electron chi connectivity index (χ1n) is 9.59. The first kappa shape index (κ1) is 15.0. The van der Waals surface area contributed by atoms with E-state index in [0.717, 1.165) is 0 Å². The van der Waals surface area contributed by atoms with Gasteiger partial charge in [0.25, 0.3) is 0 Å². The summed E-state index contributed by atoms with van der Waals surface area (Å²) >= 11 is 0. The van der Waals surface area contributed by atoms with Crippen molar-refractivity contribution in [2.24, 2.45) is 0 Å². The van der Waals surface area contributed by atoms with Crippen LogP contribution in [0, 0.1) is 6.92 Å². The molecule has 2 aliphatic rings. The fourth-order valence-electron chi connectivity index (χ4n) is 5.11. The Morgan fingerprint density at radius 3 is 2.08 bits per heavy atom. The molecule has 0 saturated heterocycles. The molecule has 0 aromatic heterocycles. The van der Waals surface area contributed by atoms with E-state index in [9.17, 15) is 0 Å². The molecule has 0 N–H and O–H groups in total. The first-order chi connectivity index (χ1) is 12.3. The molecule has 0 nitrogen and oxygen atoms in total. The van der Waals surface area contributed by atoms with E-state index in [2.05, 4.69) is 73.7 Å². The summed E-state index contributed by atoms with van der Waals surface area (Å²) in [5.41, 5.74) is 10.4. The molecule has 124 valence electrons. The van der Waals surface area contributed by atoms with Gasteiger partial charge in [-0.25, -0.2) is 0 Å². The molecule has 0 amide bonds. The summed E-state index contributed by atoms with van der Waals surface area (Å²) in [5.74, 6) is 0. The lowest BCUT2D eigenvalue weighted by molar-refractivity contribution is 0.353. The molecule has 2 aliphatic carbocycles. The molecule has 3 aromatic rings. The van der Waals surface area contributed by atoms with E-state index < -0.39 is 0 Å². The van der Waals surface area contributed by atoms with Gasteiger partial charge in [0.15, 0.2) is 0 Å². The number of rotatable bonds is 1. The van der Waals surface area contributed by atoms with Gasteiger partial charge >= 0.3 is 0 Å². The molecule has 1 fully saturated rings. The minimum atomic E-state index is 0.250. The van der Waals surface area contributed by atoms with Gasteiger partial charge in [0, 0.05) is 5.41 Å². The van der Waals surface area contributed by atoms with Crippen LogP contribution in [-0.4, -0.2) is 0 Å². The largest absolute Gasteiger partial charge is 0.0622 e. The minimum absolute atomic E-state index is 0.250. The van der Waals surface area contributed by atoms with Crippen molar-refractivity contribution >= 4 is 0 Å². The van der Waals surface area contributed by atoms with Crippen LogP contribution in [0.3, 0.4) is 0 Å². The molecule has 3 aromatic carbocycles. The van der Waals surface area contributed by atoms with E-state index >= 15 is 0 Å². The Balaban J connectivity index is 1.75. The molecule has 5 rings (SSSR count). The Morgan fingerprint density at radius 2 is 1.32 bits per heavy atom. The normalized spacial score (nSPS) is 17.3. The molecule has 25 heavy (non-hydrogen) atoms. The van der Waals surface area contributed by atoms with Gasteiger partial charge in [-0.05, 0) is 59.2 Å². The summed E-state index contributed by atoms with van der Waals surface area (Å²) in [4.78, 5) is 0. The van der Waals surface area contributed by atoms with Crippen molar-refractivity contribution in [1.82, 2.24) is 0 Å². The Labute approximate surface area is 150 Å². The van der Waals surface area contributed by atoms with Gasteiger partial charge in [0.1, 0.15) is 0 Å². The van der Waals surface area contributed by atoms with Gasteiger partial charge in [-0.1, -0.05) is 85.5 Å². The fraction of sp³-hybridized carbons (Fsp3) is 0.280. The molecule has 0 radical (unpaired) electrons. The molecule has 0 heterocycles. The SMILES string of the molecule is Cc1ccc2c(c1)C1(CCCCC1)c1cc(-c3ccccc3)ccc1-2. The monoisotopic (exact) mass is 324 g/mol. The zero-order valence-corrected chi connectivity index (χ0v) is 14.9. The van der Waals surface area contributed by atoms with Crippen molar-refractivity contribution in [3.05, 3.63) is 83.4 Å². The molecule has 0 aliphatic heterocycles. The molecule has 0 unspecified atom stereocenters. The average molecular weight is 324 g/mol. The standard InChI is InChI=1S/C25H24/c1-18-10-12-21-22-13-11-20(19-8-4-2-5-9-19)17-24(22)25(23(21)16-18)14-6-3-7-15-25/h2,4-5,8-13,16-17H,3,6-7,14-15H2,1H3. The summed E-state index contributed by atoms with van der Waals surface area (Å²) in [7, 11) is 0. The van der Waals surface area contributed by atoms with Gasteiger partial charge in [-0.15, -0.1) is 0 Å². The van der Waals surface area contributed by atoms with Crippen LogP contribution in [0.25, 0.3) is 22.3 Å². The van der Waals surface area contributed by atoms with Crippen molar-refractivity contribution in [3.63, 3.8) is 0 Å². The molecule has 1 saturated carbocycles. The molecule has 0 heteroatoms. The van der Waals surface area contributed by atoms with E-state index in [-0.39, 0.29) is 5.41 Å². The quantitative estimate of drug-likeness (QED) is 0.457. The van der Waals surface area contributed by atoms with Crippen molar-refractivity contribution in [2.45, 2.75) is 44.4 Å². The van der Waals surface area contributed by atoms with E-state index in [1.807, 2.05) is 0 Å². The lowest BCUT2D eigenvalue weighted by atomic mass is 9.67. The van der Waals surface area contributed by atoms with E-state index in [4.69, 9.17) is 0 Å². The van der Waals surface area contributed by atoms with Crippen LogP contribution in [-0.2, 0) is 5.41 Å². The zero-order valence-electron chi connectivity index (χ0n) is 14.9. The predicted octanol–water partition coefficient (Wildman–Crippen LogP) is 6.89. The molecule has 1 spiro atoms.